The molecule has 0 spiro atoms. The third-order valence-electron chi connectivity index (χ3n) is 5.55. The quantitative estimate of drug-likeness (QED) is 0.394. The van der Waals surface area contributed by atoms with Crippen molar-refractivity contribution in [1.29, 1.82) is 0 Å². The van der Waals surface area contributed by atoms with Crippen LogP contribution in [0.1, 0.15) is 31.9 Å². The fourth-order valence-electron chi connectivity index (χ4n) is 4.04. The van der Waals surface area contributed by atoms with Gasteiger partial charge in [0.2, 0.25) is 9.84 Å². The summed E-state index contributed by atoms with van der Waals surface area (Å²) in [7, 11) is -3.66. The molecule has 0 unspecified atom stereocenters. The molecule has 1 aromatic heterocycles. The predicted molar refractivity (Wildman–Crippen MR) is 123 cm³/mol. The molecule has 0 amide bonds. The van der Waals surface area contributed by atoms with Gasteiger partial charge in [-0.05, 0) is 62.4 Å². The lowest BCUT2D eigenvalue weighted by molar-refractivity contribution is 0.0756. The van der Waals surface area contributed by atoms with E-state index >= 15 is 0 Å². The molecular weight excluding hydrogens is 448 g/mol. The zero-order valence-electron chi connectivity index (χ0n) is 17.5. The zero-order valence-corrected chi connectivity index (χ0v) is 19.1. The van der Waals surface area contributed by atoms with Gasteiger partial charge in [-0.3, -0.25) is 0 Å². The molecule has 1 N–H and O–H groups in total. The van der Waals surface area contributed by atoms with Crippen molar-refractivity contribution < 1.29 is 17.7 Å². The third-order valence-corrected chi connectivity index (χ3v) is 7.55. The number of ether oxygens (including phenoxy) is 1. The Morgan fingerprint density at radius 3 is 2.59 bits per heavy atom. The van der Waals surface area contributed by atoms with Crippen LogP contribution in [0, 0.1) is 0 Å². The van der Waals surface area contributed by atoms with Gasteiger partial charge in [0, 0.05) is 17.0 Å². The van der Waals surface area contributed by atoms with Gasteiger partial charge in [0.1, 0.15) is 11.4 Å². The molecule has 1 atom stereocenters. The number of halogens is 1. The molecule has 5 rings (SSSR count). The smallest absolute Gasteiger partial charge is 0.206 e. The molecule has 6 nitrogen and oxygen atoms in total. The van der Waals surface area contributed by atoms with Gasteiger partial charge in [-0.1, -0.05) is 35.0 Å². The van der Waals surface area contributed by atoms with E-state index < -0.39 is 15.4 Å². The second-order valence-corrected chi connectivity index (χ2v) is 10.8. The Balaban J connectivity index is 1.58. The van der Waals surface area contributed by atoms with Crippen molar-refractivity contribution in [3.05, 3.63) is 77.3 Å². The van der Waals surface area contributed by atoms with Crippen LogP contribution in [0.5, 0.6) is 5.75 Å². The molecule has 0 aliphatic carbocycles. The molecule has 3 aromatic carbocycles. The molecule has 32 heavy (non-hydrogen) atoms. The lowest BCUT2D eigenvalue weighted by Crippen LogP contribution is -2.37. The van der Waals surface area contributed by atoms with Gasteiger partial charge in [-0.2, -0.15) is 0 Å². The number of fused-ring (bicyclic) bond motifs is 2. The predicted octanol–water partition coefficient (Wildman–Crippen LogP) is 6.03. The highest BCUT2D eigenvalue weighted by atomic mass is 35.5. The number of sulfone groups is 1. The molecular formula is C24H21ClN2O4S. The lowest BCUT2D eigenvalue weighted by Gasteiger charge is -2.38. The van der Waals surface area contributed by atoms with Gasteiger partial charge in [-0.15, -0.1) is 0 Å². The highest BCUT2D eigenvalue weighted by Gasteiger charge is 2.35. The van der Waals surface area contributed by atoms with Crippen LogP contribution in [-0.4, -0.2) is 19.2 Å². The Morgan fingerprint density at radius 2 is 1.81 bits per heavy atom. The summed E-state index contributed by atoms with van der Waals surface area (Å²) in [5, 5.41) is 8.93. The van der Waals surface area contributed by atoms with Crippen LogP contribution in [0.2, 0.25) is 5.02 Å². The summed E-state index contributed by atoms with van der Waals surface area (Å²) in [6, 6.07) is 18.4. The third kappa shape index (κ3) is 3.72. The Bertz CT molecular complexity index is 1410. The summed E-state index contributed by atoms with van der Waals surface area (Å²) in [5.41, 5.74) is 0.908. The van der Waals surface area contributed by atoms with Crippen LogP contribution in [0.15, 0.2) is 81.0 Å². The first-order valence-electron chi connectivity index (χ1n) is 10.2. The van der Waals surface area contributed by atoms with Crippen molar-refractivity contribution in [2.45, 2.75) is 41.7 Å². The number of hydrogen-bond acceptors (Lipinski definition) is 6. The molecule has 0 bridgehead atoms. The van der Waals surface area contributed by atoms with E-state index in [4.69, 9.17) is 20.9 Å². The summed E-state index contributed by atoms with van der Waals surface area (Å²) < 4.78 is 37.9. The molecule has 0 radical (unpaired) electrons. The average molecular weight is 469 g/mol. The van der Waals surface area contributed by atoms with Crippen molar-refractivity contribution in [3.63, 3.8) is 0 Å². The molecule has 0 saturated heterocycles. The first-order chi connectivity index (χ1) is 15.2. The number of aromatic nitrogens is 1. The van der Waals surface area contributed by atoms with Gasteiger partial charge >= 0.3 is 0 Å². The van der Waals surface area contributed by atoms with Gasteiger partial charge in [-0.25, -0.2) is 8.42 Å². The first kappa shape index (κ1) is 20.8. The minimum atomic E-state index is -3.66. The topological polar surface area (TPSA) is 81.4 Å². The molecule has 1 aliphatic rings. The second-order valence-electron chi connectivity index (χ2n) is 8.45. The summed E-state index contributed by atoms with van der Waals surface area (Å²) >= 11 is 6.16. The van der Waals surface area contributed by atoms with E-state index in [0.29, 0.717) is 28.6 Å². The number of nitrogens with zero attached hydrogens (tertiary/aromatic N) is 1. The van der Waals surface area contributed by atoms with E-state index in [2.05, 4.69) is 10.5 Å². The maximum absolute atomic E-state index is 13.2. The van der Waals surface area contributed by atoms with Crippen molar-refractivity contribution in [3.8, 4) is 5.75 Å². The monoisotopic (exact) mass is 468 g/mol. The van der Waals surface area contributed by atoms with E-state index in [-0.39, 0.29) is 15.8 Å². The number of anilines is 1. The largest absolute Gasteiger partial charge is 0.487 e. The van der Waals surface area contributed by atoms with E-state index in [1.807, 2.05) is 13.8 Å². The van der Waals surface area contributed by atoms with Crippen molar-refractivity contribution in [2.75, 3.05) is 5.32 Å². The lowest BCUT2D eigenvalue weighted by atomic mass is 9.89. The fraction of sp³-hybridized carbons (Fsp3) is 0.208. The zero-order chi connectivity index (χ0) is 22.5. The maximum atomic E-state index is 13.2. The number of nitrogens with one attached hydrogen (secondary N) is 1. The van der Waals surface area contributed by atoms with Gasteiger partial charge in [0.05, 0.1) is 21.2 Å². The van der Waals surface area contributed by atoms with Crippen LogP contribution >= 0.6 is 11.6 Å². The van der Waals surface area contributed by atoms with Crippen molar-refractivity contribution in [1.82, 2.24) is 5.16 Å². The Labute approximate surface area is 191 Å². The van der Waals surface area contributed by atoms with E-state index in [0.717, 1.165) is 10.9 Å². The van der Waals surface area contributed by atoms with Crippen LogP contribution in [-0.2, 0) is 9.84 Å². The molecule has 164 valence electrons. The first-order valence-corrected chi connectivity index (χ1v) is 12.0. The SMILES string of the molecule is CC1(C)C[C@H](Nc2noc3ccc(Cl)cc23)c2cc(S(=O)(=O)c3ccccc3)ccc2O1. The van der Waals surface area contributed by atoms with Crippen LogP contribution in [0.4, 0.5) is 5.82 Å². The van der Waals surface area contributed by atoms with Crippen molar-refractivity contribution >= 4 is 38.2 Å². The van der Waals surface area contributed by atoms with Crippen LogP contribution in [0.25, 0.3) is 11.0 Å². The molecule has 8 heteroatoms. The minimum Gasteiger partial charge on any atom is -0.487 e. The molecule has 1 aliphatic heterocycles. The number of hydrogen-bond donors (Lipinski definition) is 1. The summed E-state index contributed by atoms with van der Waals surface area (Å²) in [6.07, 6.45) is 0.601. The van der Waals surface area contributed by atoms with Gasteiger partial charge in [0.15, 0.2) is 11.4 Å². The number of rotatable bonds is 4. The Kier molecular flexibility index (Phi) is 4.91. The number of benzene rings is 3. The normalized spacial score (nSPS) is 17.5. The second kappa shape index (κ2) is 7.53. The summed E-state index contributed by atoms with van der Waals surface area (Å²) in [4.78, 5) is 0.462. The molecule has 0 fully saturated rings. The summed E-state index contributed by atoms with van der Waals surface area (Å²) in [6.45, 7) is 3.99. The highest BCUT2D eigenvalue weighted by Crippen LogP contribution is 2.43. The van der Waals surface area contributed by atoms with Crippen molar-refractivity contribution in [2.24, 2.45) is 0 Å². The maximum Gasteiger partial charge on any atom is 0.206 e. The average Bonchev–Trinajstić information content (AvgIpc) is 3.15. The molecule has 4 aromatic rings. The van der Waals surface area contributed by atoms with Gasteiger partial charge in [0.25, 0.3) is 0 Å². The standard InChI is InChI=1S/C24H21ClN2O4S/c1-24(2)14-20(26-23-19-12-15(25)8-10-22(19)31-27-23)18-13-17(9-11-21(18)30-24)32(28,29)16-6-4-3-5-7-16/h3-13,20H,14H2,1-2H3,(H,26,27)/t20-/m0/s1. The highest BCUT2D eigenvalue weighted by molar-refractivity contribution is 7.91. The Morgan fingerprint density at radius 1 is 1.03 bits per heavy atom. The molecule has 0 saturated carbocycles. The Hall–Kier alpha value is -3.03. The van der Waals surface area contributed by atoms with Gasteiger partial charge < -0.3 is 14.6 Å². The molecule has 2 heterocycles. The minimum absolute atomic E-state index is 0.214. The van der Waals surface area contributed by atoms with Crippen LogP contribution < -0.4 is 10.1 Å². The van der Waals surface area contributed by atoms with E-state index in [9.17, 15) is 8.42 Å². The fourth-order valence-corrected chi connectivity index (χ4v) is 5.53. The van der Waals surface area contributed by atoms with E-state index in [1.165, 1.54) is 0 Å². The summed E-state index contributed by atoms with van der Waals surface area (Å²) in [5.74, 6) is 1.18. The van der Waals surface area contributed by atoms with Crippen LogP contribution in [0.3, 0.4) is 0 Å². The van der Waals surface area contributed by atoms with E-state index in [1.54, 1.807) is 66.7 Å².